The highest BCUT2D eigenvalue weighted by Gasteiger charge is 2.28. The van der Waals surface area contributed by atoms with Crippen LogP contribution in [-0.2, 0) is 11.3 Å². The van der Waals surface area contributed by atoms with E-state index in [1.54, 1.807) is 57.2 Å². The minimum atomic E-state index is -4.37. The monoisotopic (exact) mass is 396 g/mol. The topological polar surface area (TPSA) is 61.8 Å². The van der Waals surface area contributed by atoms with Gasteiger partial charge in [0.25, 0.3) is 5.91 Å². The molecule has 0 radical (unpaired) electrons. The van der Waals surface area contributed by atoms with Crippen LogP contribution in [0.5, 0.6) is 5.75 Å². The van der Waals surface area contributed by atoms with E-state index in [-0.39, 0.29) is 18.2 Å². The number of hydrogen-bond donors (Lipinski definition) is 2. The van der Waals surface area contributed by atoms with Crippen LogP contribution >= 0.6 is 0 Å². The van der Waals surface area contributed by atoms with Crippen LogP contribution in [0.25, 0.3) is 0 Å². The Labute approximate surface area is 161 Å². The van der Waals surface area contributed by atoms with Gasteiger partial charge in [0.05, 0.1) is 6.54 Å². The van der Waals surface area contributed by atoms with Crippen LogP contribution in [0.2, 0.25) is 0 Å². The molecule has 2 aromatic rings. The molecule has 0 spiro atoms. The SMILES string of the molecule is CC(C)(C)C(=O)N(O)Cc1ccc(Nc2ccc(OCC(F)(F)F)cc2)cc1. The molecule has 0 saturated carbocycles. The summed E-state index contributed by atoms with van der Waals surface area (Å²) < 4.78 is 41.1. The zero-order chi connectivity index (χ0) is 20.9. The summed E-state index contributed by atoms with van der Waals surface area (Å²) in [6.07, 6.45) is -4.37. The first kappa shape index (κ1) is 21.6. The van der Waals surface area contributed by atoms with Gasteiger partial charge in [-0.15, -0.1) is 0 Å². The maximum atomic E-state index is 12.1. The van der Waals surface area contributed by atoms with Gasteiger partial charge in [-0.2, -0.15) is 13.2 Å². The van der Waals surface area contributed by atoms with Crippen LogP contribution < -0.4 is 10.1 Å². The molecule has 0 bridgehead atoms. The highest BCUT2D eigenvalue weighted by Crippen LogP contribution is 2.23. The molecule has 0 aliphatic rings. The van der Waals surface area contributed by atoms with Crippen molar-refractivity contribution in [2.75, 3.05) is 11.9 Å². The van der Waals surface area contributed by atoms with Gasteiger partial charge in [-0.3, -0.25) is 10.0 Å². The van der Waals surface area contributed by atoms with E-state index in [9.17, 15) is 23.2 Å². The van der Waals surface area contributed by atoms with E-state index in [1.165, 1.54) is 12.1 Å². The summed E-state index contributed by atoms with van der Waals surface area (Å²) >= 11 is 0. The third kappa shape index (κ3) is 6.77. The molecule has 28 heavy (non-hydrogen) atoms. The van der Waals surface area contributed by atoms with Gasteiger partial charge in [0.1, 0.15) is 5.75 Å². The molecule has 8 heteroatoms. The number of halogens is 3. The van der Waals surface area contributed by atoms with Crippen molar-refractivity contribution in [1.29, 1.82) is 0 Å². The molecule has 152 valence electrons. The third-order valence-corrected chi connectivity index (χ3v) is 3.71. The van der Waals surface area contributed by atoms with E-state index in [2.05, 4.69) is 10.1 Å². The van der Waals surface area contributed by atoms with Gasteiger partial charge in [0, 0.05) is 16.8 Å². The third-order valence-electron chi connectivity index (χ3n) is 3.71. The Hall–Kier alpha value is -2.74. The number of nitrogens with zero attached hydrogens (tertiary/aromatic N) is 1. The Morgan fingerprint density at radius 3 is 1.96 bits per heavy atom. The number of ether oxygens (including phenoxy) is 1. The van der Waals surface area contributed by atoms with Crippen molar-refractivity contribution in [2.24, 2.45) is 5.41 Å². The van der Waals surface area contributed by atoms with Crippen LogP contribution in [-0.4, -0.2) is 29.0 Å². The van der Waals surface area contributed by atoms with Crippen LogP contribution in [0.1, 0.15) is 26.3 Å². The lowest BCUT2D eigenvalue weighted by Gasteiger charge is -2.24. The maximum Gasteiger partial charge on any atom is 0.422 e. The quantitative estimate of drug-likeness (QED) is 0.525. The lowest BCUT2D eigenvalue weighted by atomic mass is 9.95. The van der Waals surface area contributed by atoms with E-state index < -0.39 is 18.2 Å². The number of carbonyl (C=O) groups excluding carboxylic acids is 1. The smallest absolute Gasteiger partial charge is 0.422 e. The molecule has 2 N–H and O–H groups in total. The summed E-state index contributed by atoms with van der Waals surface area (Å²) in [6, 6.07) is 13.2. The first-order valence-electron chi connectivity index (χ1n) is 8.60. The molecule has 0 heterocycles. The van der Waals surface area contributed by atoms with Crippen molar-refractivity contribution in [1.82, 2.24) is 5.06 Å². The number of nitrogens with one attached hydrogen (secondary N) is 1. The molecule has 5 nitrogen and oxygen atoms in total. The van der Waals surface area contributed by atoms with Crippen molar-refractivity contribution in [3.05, 3.63) is 54.1 Å². The van der Waals surface area contributed by atoms with Crippen molar-refractivity contribution in [3.8, 4) is 5.75 Å². The van der Waals surface area contributed by atoms with Crippen LogP contribution in [0.15, 0.2) is 48.5 Å². The molecule has 0 aliphatic carbocycles. The highest BCUT2D eigenvalue weighted by molar-refractivity contribution is 5.80. The zero-order valence-electron chi connectivity index (χ0n) is 15.9. The fourth-order valence-electron chi connectivity index (χ4n) is 2.29. The van der Waals surface area contributed by atoms with Gasteiger partial charge in [-0.1, -0.05) is 32.9 Å². The van der Waals surface area contributed by atoms with Gasteiger partial charge < -0.3 is 10.1 Å². The molecule has 0 unspecified atom stereocenters. The lowest BCUT2D eigenvalue weighted by molar-refractivity contribution is -0.177. The largest absolute Gasteiger partial charge is 0.484 e. The average molecular weight is 396 g/mol. The molecular weight excluding hydrogens is 373 g/mol. The predicted octanol–water partition coefficient (Wildman–Crippen LogP) is 5.14. The Bertz CT molecular complexity index is 782. The van der Waals surface area contributed by atoms with E-state index in [0.29, 0.717) is 10.8 Å². The van der Waals surface area contributed by atoms with Crippen LogP contribution in [0, 0.1) is 5.41 Å². The number of alkyl halides is 3. The van der Waals surface area contributed by atoms with E-state index in [0.717, 1.165) is 11.3 Å². The minimum absolute atomic E-state index is 0.0711. The second kappa shape index (κ2) is 8.52. The number of anilines is 2. The van der Waals surface area contributed by atoms with Crippen LogP contribution in [0.3, 0.4) is 0 Å². The number of carbonyl (C=O) groups is 1. The fourth-order valence-corrected chi connectivity index (χ4v) is 2.29. The number of hydrogen-bond acceptors (Lipinski definition) is 4. The number of amides is 1. The zero-order valence-corrected chi connectivity index (χ0v) is 15.9. The van der Waals surface area contributed by atoms with Crippen molar-refractivity contribution in [2.45, 2.75) is 33.5 Å². The average Bonchev–Trinajstić information content (AvgIpc) is 2.60. The van der Waals surface area contributed by atoms with Gasteiger partial charge in [-0.05, 0) is 42.0 Å². The Balaban J connectivity index is 1.92. The Morgan fingerprint density at radius 1 is 1.00 bits per heavy atom. The Kier molecular flexibility index (Phi) is 6.56. The second-order valence-electron chi connectivity index (χ2n) is 7.36. The fraction of sp³-hybridized carbons (Fsp3) is 0.350. The summed E-state index contributed by atoms with van der Waals surface area (Å²) in [5, 5.41) is 13.7. The maximum absolute atomic E-state index is 12.1. The number of rotatable bonds is 6. The number of hydroxylamine groups is 2. The van der Waals surface area contributed by atoms with E-state index >= 15 is 0 Å². The minimum Gasteiger partial charge on any atom is -0.484 e. The van der Waals surface area contributed by atoms with Gasteiger partial charge in [-0.25, -0.2) is 5.06 Å². The Morgan fingerprint density at radius 2 is 1.50 bits per heavy atom. The molecule has 0 atom stereocenters. The first-order valence-corrected chi connectivity index (χ1v) is 8.60. The van der Waals surface area contributed by atoms with E-state index in [4.69, 9.17) is 0 Å². The van der Waals surface area contributed by atoms with Crippen LogP contribution in [0.4, 0.5) is 24.5 Å². The summed E-state index contributed by atoms with van der Waals surface area (Å²) in [6.45, 7) is 3.92. The standard InChI is InChI=1S/C20H23F3N2O3/c1-19(2,3)18(26)25(27)12-14-4-6-15(7-5-14)24-16-8-10-17(11-9-16)28-13-20(21,22)23/h4-11,24,27H,12-13H2,1-3H3. The highest BCUT2D eigenvalue weighted by atomic mass is 19.4. The second-order valence-corrected chi connectivity index (χ2v) is 7.36. The molecular formula is C20H23F3N2O3. The van der Waals surface area contributed by atoms with Crippen molar-refractivity contribution in [3.63, 3.8) is 0 Å². The molecule has 0 fully saturated rings. The molecule has 1 amide bonds. The van der Waals surface area contributed by atoms with Gasteiger partial charge >= 0.3 is 6.18 Å². The molecule has 0 aliphatic heterocycles. The summed E-state index contributed by atoms with van der Waals surface area (Å²) in [5.41, 5.74) is 1.51. The van der Waals surface area contributed by atoms with Gasteiger partial charge in [0.15, 0.2) is 6.61 Å². The summed E-state index contributed by atoms with van der Waals surface area (Å²) in [7, 11) is 0. The normalized spacial score (nSPS) is 11.8. The van der Waals surface area contributed by atoms with E-state index in [1.807, 2.05) is 0 Å². The predicted molar refractivity (Wildman–Crippen MR) is 99.5 cm³/mol. The van der Waals surface area contributed by atoms with Gasteiger partial charge in [0.2, 0.25) is 0 Å². The molecule has 2 aromatic carbocycles. The first-order chi connectivity index (χ1) is 12.9. The number of benzene rings is 2. The molecule has 2 rings (SSSR count). The van der Waals surface area contributed by atoms with Crippen molar-refractivity contribution >= 4 is 17.3 Å². The van der Waals surface area contributed by atoms with Crippen molar-refractivity contribution < 1.29 is 27.9 Å². The molecule has 0 saturated heterocycles. The summed E-state index contributed by atoms with van der Waals surface area (Å²) in [4.78, 5) is 12.0. The lowest BCUT2D eigenvalue weighted by Crippen LogP contribution is -2.36. The summed E-state index contributed by atoms with van der Waals surface area (Å²) in [5.74, 6) is -0.243. The molecule has 0 aromatic heterocycles.